The number of esters is 1. The van der Waals surface area contributed by atoms with Crippen LogP contribution in [0.5, 0.6) is 0 Å². The second-order valence-corrected chi connectivity index (χ2v) is 5.13. The van der Waals surface area contributed by atoms with E-state index in [1.807, 2.05) is 25.1 Å². The van der Waals surface area contributed by atoms with E-state index in [0.717, 1.165) is 29.4 Å². The summed E-state index contributed by atoms with van der Waals surface area (Å²) >= 11 is 0. The van der Waals surface area contributed by atoms with Gasteiger partial charge in [-0.25, -0.2) is 0 Å². The van der Waals surface area contributed by atoms with Crippen molar-refractivity contribution in [2.75, 3.05) is 13.2 Å². The van der Waals surface area contributed by atoms with Crippen molar-refractivity contribution < 1.29 is 18.7 Å². The SMILES string of the molecule is CCCNC(=O)COC(=O)Cc1coc2cc(CC)ccc12. The molecule has 1 heterocycles. The lowest BCUT2D eigenvalue weighted by molar-refractivity contribution is -0.147. The fourth-order valence-electron chi connectivity index (χ4n) is 2.15. The Kier molecular flexibility index (Phi) is 5.58. The Labute approximate surface area is 129 Å². The van der Waals surface area contributed by atoms with E-state index in [1.165, 1.54) is 5.56 Å². The fourth-order valence-corrected chi connectivity index (χ4v) is 2.15. The van der Waals surface area contributed by atoms with Gasteiger partial charge in [0.05, 0.1) is 12.7 Å². The number of rotatable bonds is 7. The predicted octanol–water partition coefficient (Wildman–Crippen LogP) is 2.61. The molecule has 0 bridgehead atoms. The number of benzene rings is 1. The number of hydrogen-bond donors (Lipinski definition) is 1. The van der Waals surface area contributed by atoms with Gasteiger partial charge >= 0.3 is 5.97 Å². The van der Waals surface area contributed by atoms with Gasteiger partial charge in [0.1, 0.15) is 5.58 Å². The van der Waals surface area contributed by atoms with Crippen LogP contribution in [0.4, 0.5) is 0 Å². The molecule has 0 radical (unpaired) electrons. The van der Waals surface area contributed by atoms with Crippen molar-refractivity contribution in [3.8, 4) is 0 Å². The lowest BCUT2D eigenvalue weighted by atomic mass is 10.1. The Morgan fingerprint density at radius 2 is 2.09 bits per heavy atom. The van der Waals surface area contributed by atoms with E-state index in [9.17, 15) is 9.59 Å². The molecule has 5 heteroatoms. The zero-order chi connectivity index (χ0) is 15.9. The molecule has 0 spiro atoms. The number of hydrogen-bond acceptors (Lipinski definition) is 4. The van der Waals surface area contributed by atoms with E-state index < -0.39 is 5.97 Å². The van der Waals surface area contributed by atoms with Crippen LogP contribution in [0.25, 0.3) is 11.0 Å². The molecule has 0 fully saturated rings. The van der Waals surface area contributed by atoms with Crippen LogP contribution in [0, 0.1) is 0 Å². The van der Waals surface area contributed by atoms with Crippen molar-refractivity contribution in [1.29, 1.82) is 0 Å². The van der Waals surface area contributed by atoms with Crippen molar-refractivity contribution in [3.63, 3.8) is 0 Å². The highest BCUT2D eigenvalue weighted by atomic mass is 16.5. The first-order chi connectivity index (χ1) is 10.6. The number of ether oxygens (including phenoxy) is 1. The van der Waals surface area contributed by atoms with Gasteiger partial charge in [0.15, 0.2) is 6.61 Å². The van der Waals surface area contributed by atoms with Gasteiger partial charge in [0.2, 0.25) is 0 Å². The van der Waals surface area contributed by atoms with Crippen molar-refractivity contribution in [2.24, 2.45) is 0 Å². The van der Waals surface area contributed by atoms with E-state index in [2.05, 4.69) is 12.2 Å². The first-order valence-corrected chi connectivity index (χ1v) is 7.55. The molecule has 1 N–H and O–H groups in total. The lowest BCUT2D eigenvalue weighted by Crippen LogP contribution is -2.29. The molecular formula is C17H21NO4. The molecule has 1 aromatic heterocycles. The van der Waals surface area contributed by atoms with Gasteiger partial charge in [0, 0.05) is 17.5 Å². The highest BCUT2D eigenvalue weighted by Gasteiger charge is 2.13. The third kappa shape index (κ3) is 4.10. The first kappa shape index (κ1) is 16.1. The maximum absolute atomic E-state index is 11.8. The summed E-state index contributed by atoms with van der Waals surface area (Å²) in [6, 6.07) is 5.95. The Morgan fingerprint density at radius 3 is 2.82 bits per heavy atom. The number of carbonyl (C=O) groups is 2. The van der Waals surface area contributed by atoms with Crippen LogP contribution in [0.1, 0.15) is 31.4 Å². The number of fused-ring (bicyclic) bond motifs is 1. The molecule has 2 rings (SSSR count). The predicted molar refractivity (Wildman–Crippen MR) is 83.6 cm³/mol. The standard InChI is InChI=1S/C17H21NO4/c1-3-7-18-16(19)11-22-17(20)9-13-10-21-15-8-12(4-2)5-6-14(13)15/h5-6,8,10H,3-4,7,9,11H2,1-2H3,(H,18,19). The zero-order valence-corrected chi connectivity index (χ0v) is 13.0. The zero-order valence-electron chi connectivity index (χ0n) is 13.0. The molecule has 0 saturated carbocycles. The summed E-state index contributed by atoms with van der Waals surface area (Å²) in [5, 5.41) is 3.56. The molecular weight excluding hydrogens is 282 g/mol. The smallest absolute Gasteiger partial charge is 0.310 e. The molecule has 1 aromatic carbocycles. The maximum atomic E-state index is 11.8. The summed E-state index contributed by atoms with van der Waals surface area (Å²) in [5.41, 5.74) is 2.73. The Bertz CT molecular complexity index is 660. The molecule has 2 aromatic rings. The first-order valence-electron chi connectivity index (χ1n) is 7.55. The summed E-state index contributed by atoms with van der Waals surface area (Å²) in [5.74, 6) is -0.714. The summed E-state index contributed by atoms with van der Waals surface area (Å²) in [6.45, 7) is 4.38. The van der Waals surface area contributed by atoms with Crippen molar-refractivity contribution in [3.05, 3.63) is 35.6 Å². The molecule has 5 nitrogen and oxygen atoms in total. The summed E-state index contributed by atoms with van der Waals surface area (Å²) < 4.78 is 10.5. The van der Waals surface area contributed by atoms with Gasteiger partial charge in [-0.3, -0.25) is 9.59 Å². The Balaban J connectivity index is 1.93. The third-order valence-corrected chi connectivity index (χ3v) is 3.40. The summed E-state index contributed by atoms with van der Waals surface area (Å²) in [4.78, 5) is 23.2. The topological polar surface area (TPSA) is 68.5 Å². The average molecular weight is 303 g/mol. The lowest BCUT2D eigenvalue weighted by Gasteiger charge is -2.05. The van der Waals surface area contributed by atoms with Gasteiger partial charge in [-0.15, -0.1) is 0 Å². The quantitative estimate of drug-likeness (QED) is 0.798. The maximum Gasteiger partial charge on any atom is 0.310 e. The number of nitrogens with one attached hydrogen (secondary N) is 1. The number of amides is 1. The van der Waals surface area contributed by atoms with Gasteiger partial charge in [-0.1, -0.05) is 26.0 Å². The molecule has 118 valence electrons. The largest absolute Gasteiger partial charge is 0.464 e. The molecule has 0 aliphatic heterocycles. The second-order valence-electron chi connectivity index (χ2n) is 5.13. The highest BCUT2D eigenvalue weighted by molar-refractivity contribution is 5.87. The minimum Gasteiger partial charge on any atom is -0.464 e. The third-order valence-electron chi connectivity index (χ3n) is 3.40. The summed E-state index contributed by atoms with van der Waals surface area (Å²) in [6.07, 6.45) is 3.45. The van der Waals surface area contributed by atoms with E-state index >= 15 is 0 Å². The van der Waals surface area contributed by atoms with Gasteiger partial charge in [0.25, 0.3) is 5.91 Å². The van der Waals surface area contributed by atoms with Crippen molar-refractivity contribution in [1.82, 2.24) is 5.32 Å². The molecule has 0 unspecified atom stereocenters. The minimum atomic E-state index is -0.436. The van der Waals surface area contributed by atoms with Crippen LogP contribution in [0.2, 0.25) is 0 Å². The Morgan fingerprint density at radius 1 is 1.27 bits per heavy atom. The Hall–Kier alpha value is -2.30. The normalized spacial score (nSPS) is 10.6. The monoisotopic (exact) mass is 303 g/mol. The van der Waals surface area contributed by atoms with E-state index in [1.54, 1.807) is 6.26 Å². The van der Waals surface area contributed by atoms with Crippen LogP contribution < -0.4 is 5.32 Å². The van der Waals surface area contributed by atoms with Gasteiger partial charge in [-0.2, -0.15) is 0 Å². The molecule has 0 atom stereocenters. The van der Waals surface area contributed by atoms with Crippen molar-refractivity contribution >= 4 is 22.8 Å². The molecule has 22 heavy (non-hydrogen) atoms. The molecule has 0 saturated heterocycles. The molecule has 0 aliphatic carbocycles. The highest BCUT2D eigenvalue weighted by Crippen LogP contribution is 2.23. The number of furan rings is 1. The molecule has 0 aliphatic rings. The number of aryl methyl sites for hydroxylation is 1. The summed E-state index contributed by atoms with van der Waals surface area (Å²) in [7, 11) is 0. The van der Waals surface area contributed by atoms with Crippen LogP contribution in [-0.4, -0.2) is 25.0 Å². The van der Waals surface area contributed by atoms with Gasteiger partial charge < -0.3 is 14.5 Å². The molecule has 1 amide bonds. The van der Waals surface area contributed by atoms with E-state index in [4.69, 9.17) is 9.15 Å². The van der Waals surface area contributed by atoms with Crippen molar-refractivity contribution in [2.45, 2.75) is 33.1 Å². The van der Waals surface area contributed by atoms with Crippen LogP contribution in [0.15, 0.2) is 28.9 Å². The van der Waals surface area contributed by atoms with E-state index in [0.29, 0.717) is 6.54 Å². The minimum absolute atomic E-state index is 0.0968. The van der Waals surface area contributed by atoms with Crippen LogP contribution in [0.3, 0.4) is 0 Å². The van der Waals surface area contributed by atoms with E-state index in [-0.39, 0.29) is 18.9 Å². The number of carbonyl (C=O) groups excluding carboxylic acids is 2. The van der Waals surface area contributed by atoms with Crippen LogP contribution in [-0.2, 0) is 27.2 Å². The second kappa shape index (κ2) is 7.64. The fraction of sp³-hybridized carbons (Fsp3) is 0.412. The average Bonchev–Trinajstić information content (AvgIpc) is 2.92. The van der Waals surface area contributed by atoms with Crippen LogP contribution >= 0.6 is 0 Å². The van der Waals surface area contributed by atoms with Gasteiger partial charge in [-0.05, 0) is 24.5 Å².